The monoisotopic (exact) mass is 295 g/mol. The summed E-state index contributed by atoms with van der Waals surface area (Å²) < 4.78 is 0. The summed E-state index contributed by atoms with van der Waals surface area (Å²) in [7, 11) is 0. The van der Waals surface area contributed by atoms with E-state index in [4.69, 9.17) is 20.4 Å². The minimum atomic E-state index is -2.27. The number of aliphatic carboxylic acids is 2. The lowest BCUT2D eigenvalue weighted by molar-refractivity contribution is -0.165. The van der Waals surface area contributed by atoms with E-state index in [-0.39, 0.29) is 11.8 Å². The molecule has 0 aromatic carbocycles. The highest BCUT2D eigenvalue weighted by Crippen LogP contribution is 2.08. The van der Waals surface area contributed by atoms with Gasteiger partial charge in [0.05, 0.1) is 6.04 Å². The number of Topliss-reactive ketones (excluding diaryl/α,β-unsaturated/α-hetero) is 1. The van der Waals surface area contributed by atoms with Crippen LogP contribution in [0.5, 0.6) is 0 Å². The maximum atomic E-state index is 10.6. The van der Waals surface area contributed by atoms with E-state index in [9.17, 15) is 19.2 Å². The summed E-state index contributed by atoms with van der Waals surface area (Å²) >= 11 is 1.64. The second kappa shape index (κ2) is 8.58. The van der Waals surface area contributed by atoms with Crippen LogP contribution in [0.4, 0.5) is 0 Å². The van der Waals surface area contributed by atoms with Crippen molar-refractivity contribution in [2.45, 2.75) is 18.2 Å². The lowest BCUT2D eigenvalue weighted by Crippen LogP contribution is -2.39. The van der Waals surface area contributed by atoms with E-state index in [1.54, 1.807) is 11.8 Å². The molecule has 1 aliphatic heterocycles. The van der Waals surface area contributed by atoms with E-state index in [2.05, 4.69) is 5.32 Å². The first kappa shape index (κ1) is 17.5. The molecule has 19 heavy (non-hydrogen) atoms. The zero-order chi connectivity index (χ0) is 15.0. The third-order valence-electron chi connectivity index (χ3n) is 1.98. The Morgan fingerprint density at radius 1 is 1.16 bits per heavy atom. The Bertz CT molecular complexity index is 336. The molecule has 0 bridgehead atoms. The summed E-state index contributed by atoms with van der Waals surface area (Å²) in [5.74, 6) is -2.35. The molecule has 0 aliphatic carbocycles. The Morgan fingerprint density at radius 2 is 1.63 bits per heavy atom. The van der Waals surface area contributed by atoms with Crippen molar-refractivity contribution in [3.05, 3.63) is 0 Å². The van der Waals surface area contributed by atoms with Gasteiger partial charge in [-0.15, -0.1) is 11.8 Å². The average molecular weight is 295 g/mol. The van der Waals surface area contributed by atoms with Crippen LogP contribution in [-0.2, 0) is 19.2 Å². The van der Waals surface area contributed by atoms with Crippen molar-refractivity contribution in [1.82, 2.24) is 5.32 Å². The number of aliphatic hydroxyl groups excluding tert-OH is 2. The number of ketones is 1. The molecule has 1 saturated heterocycles. The smallest absolute Gasteiger partial charge is 0.335 e. The standard InChI is InChI=1S/C5H7NO2S.C4H6O6/c7-1-5(8)4-2-9-3-6-4;5-1(3(7)8)2(6)4(9)10/h1,4,6H,2-3H2;1-2,5-6H,(H,7,8)(H,9,10). The molecule has 3 unspecified atom stereocenters. The highest BCUT2D eigenvalue weighted by atomic mass is 32.2. The molecule has 1 aliphatic rings. The number of rotatable bonds is 5. The van der Waals surface area contributed by atoms with E-state index in [0.717, 1.165) is 11.6 Å². The Morgan fingerprint density at radius 3 is 1.89 bits per heavy atom. The van der Waals surface area contributed by atoms with Crippen LogP contribution < -0.4 is 5.32 Å². The van der Waals surface area contributed by atoms with Crippen molar-refractivity contribution < 1.29 is 39.6 Å². The molecule has 0 aromatic rings. The maximum Gasteiger partial charge on any atom is 0.335 e. The van der Waals surface area contributed by atoms with Gasteiger partial charge in [-0.3, -0.25) is 14.9 Å². The number of thioether (sulfide) groups is 1. The highest BCUT2D eigenvalue weighted by Gasteiger charge is 2.29. The van der Waals surface area contributed by atoms with E-state index in [0.29, 0.717) is 6.29 Å². The molecule has 10 heteroatoms. The molecule has 5 N–H and O–H groups in total. The van der Waals surface area contributed by atoms with Crippen molar-refractivity contribution >= 4 is 35.8 Å². The normalized spacial score (nSPS) is 20.6. The molecule has 1 heterocycles. The van der Waals surface area contributed by atoms with Gasteiger partial charge in [0, 0.05) is 11.6 Å². The summed E-state index contributed by atoms with van der Waals surface area (Å²) in [6.07, 6.45) is -4.15. The Balaban J connectivity index is 0.000000342. The zero-order valence-corrected chi connectivity index (χ0v) is 10.4. The molecular formula is C9H13NO8S. The topological polar surface area (TPSA) is 161 Å². The van der Waals surface area contributed by atoms with Crippen LogP contribution in [-0.4, -0.2) is 74.3 Å². The molecule has 0 aromatic heterocycles. The highest BCUT2D eigenvalue weighted by molar-refractivity contribution is 7.99. The number of nitrogens with one attached hydrogen (secondary N) is 1. The lowest BCUT2D eigenvalue weighted by atomic mass is 10.2. The van der Waals surface area contributed by atoms with Crippen LogP contribution in [0.3, 0.4) is 0 Å². The molecule has 1 rings (SSSR count). The average Bonchev–Trinajstić information content (AvgIpc) is 2.90. The third kappa shape index (κ3) is 6.29. The minimum absolute atomic E-state index is 0.215. The van der Waals surface area contributed by atoms with Crippen molar-refractivity contribution in [2.75, 3.05) is 11.6 Å². The summed E-state index contributed by atoms with van der Waals surface area (Å²) in [6, 6.07) is -0.215. The number of carbonyl (C=O) groups is 4. The van der Waals surface area contributed by atoms with Crippen LogP contribution in [0.2, 0.25) is 0 Å². The number of hydrogen-bond donors (Lipinski definition) is 5. The van der Waals surface area contributed by atoms with Crippen molar-refractivity contribution in [2.24, 2.45) is 0 Å². The Labute approximate surface area is 111 Å². The SMILES string of the molecule is O=C(O)C(O)C(O)C(=O)O.O=CC(=O)C1CSCN1. The van der Waals surface area contributed by atoms with E-state index >= 15 is 0 Å². The number of carboxylic acid groups (broad SMARTS) is 2. The van der Waals surface area contributed by atoms with Gasteiger partial charge in [0.1, 0.15) is 0 Å². The van der Waals surface area contributed by atoms with Crippen LogP contribution in [0.25, 0.3) is 0 Å². The number of carbonyl (C=O) groups excluding carboxylic acids is 2. The lowest BCUT2D eigenvalue weighted by Gasteiger charge is -2.07. The summed E-state index contributed by atoms with van der Waals surface area (Å²) in [4.78, 5) is 40.0. The van der Waals surface area contributed by atoms with E-state index in [1.807, 2.05) is 0 Å². The zero-order valence-electron chi connectivity index (χ0n) is 9.55. The molecule has 0 spiro atoms. The largest absolute Gasteiger partial charge is 0.479 e. The van der Waals surface area contributed by atoms with Gasteiger partial charge in [-0.2, -0.15) is 0 Å². The predicted molar refractivity (Wildman–Crippen MR) is 62.6 cm³/mol. The van der Waals surface area contributed by atoms with Gasteiger partial charge in [0.25, 0.3) is 0 Å². The van der Waals surface area contributed by atoms with Gasteiger partial charge in [0.2, 0.25) is 5.78 Å². The fraction of sp³-hybridized carbons (Fsp3) is 0.556. The van der Waals surface area contributed by atoms with Gasteiger partial charge in [-0.25, -0.2) is 9.59 Å². The van der Waals surface area contributed by atoms with Gasteiger partial charge >= 0.3 is 11.9 Å². The third-order valence-corrected chi connectivity index (χ3v) is 2.92. The first-order valence-corrected chi connectivity index (χ1v) is 6.08. The fourth-order valence-corrected chi connectivity index (χ4v) is 1.88. The fourth-order valence-electron chi connectivity index (χ4n) is 0.930. The molecule has 0 amide bonds. The first-order chi connectivity index (χ1) is 8.81. The van der Waals surface area contributed by atoms with E-state index < -0.39 is 24.1 Å². The van der Waals surface area contributed by atoms with Gasteiger partial charge in [0.15, 0.2) is 18.5 Å². The maximum absolute atomic E-state index is 10.6. The van der Waals surface area contributed by atoms with Gasteiger partial charge in [-0.05, 0) is 0 Å². The number of carboxylic acids is 2. The molecule has 0 radical (unpaired) electrons. The Kier molecular flexibility index (Phi) is 7.91. The number of aldehydes is 1. The molecule has 0 saturated carbocycles. The second-order valence-corrected chi connectivity index (χ2v) is 4.39. The van der Waals surface area contributed by atoms with Crippen LogP contribution in [0.15, 0.2) is 0 Å². The minimum Gasteiger partial charge on any atom is -0.479 e. The molecule has 3 atom stereocenters. The van der Waals surface area contributed by atoms with Gasteiger partial charge < -0.3 is 20.4 Å². The van der Waals surface area contributed by atoms with Crippen LogP contribution in [0, 0.1) is 0 Å². The molecule has 1 fully saturated rings. The van der Waals surface area contributed by atoms with Crippen molar-refractivity contribution in [1.29, 1.82) is 0 Å². The first-order valence-electron chi connectivity index (χ1n) is 4.93. The van der Waals surface area contributed by atoms with Crippen molar-refractivity contribution in [3.8, 4) is 0 Å². The summed E-state index contributed by atoms with van der Waals surface area (Å²) in [5, 5.41) is 35.4. The molecule has 9 nitrogen and oxygen atoms in total. The quantitative estimate of drug-likeness (QED) is 0.266. The number of aliphatic hydroxyl groups is 2. The molecule has 108 valence electrons. The van der Waals surface area contributed by atoms with Crippen molar-refractivity contribution in [3.63, 3.8) is 0 Å². The van der Waals surface area contributed by atoms with Crippen LogP contribution >= 0.6 is 11.8 Å². The van der Waals surface area contributed by atoms with E-state index in [1.165, 1.54) is 0 Å². The second-order valence-electron chi connectivity index (χ2n) is 3.36. The molecular weight excluding hydrogens is 282 g/mol. The predicted octanol–water partition coefficient (Wildman–Crippen LogP) is -2.71. The number of hydrogen-bond acceptors (Lipinski definition) is 8. The Hall–Kier alpha value is -1.49. The van der Waals surface area contributed by atoms with Crippen LogP contribution in [0.1, 0.15) is 0 Å². The summed E-state index contributed by atoms with van der Waals surface area (Å²) in [6.45, 7) is 0. The van der Waals surface area contributed by atoms with Gasteiger partial charge in [-0.1, -0.05) is 0 Å². The summed E-state index contributed by atoms with van der Waals surface area (Å²) in [5.41, 5.74) is 0.